The van der Waals surface area contributed by atoms with Crippen molar-refractivity contribution in [2.45, 2.75) is 52.5 Å². The SMILES string of the molecule is Cl.Cn1nc(CC(C)(C)C)cc1NC(=O)C1CCC(N)C1. The van der Waals surface area contributed by atoms with Crippen molar-refractivity contribution in [1.82, 2.24) is 9.78 Å². The van der Waals surface area contributed by atoms with Gasteiger partial charge in [0, 0.05) is 25.1 Å². The van der Waals surface area contributed by atoms with Gasteiger partial charge in [0.1, 0.15) is 5.82 Å². The van der Waals surface area contributed by atoms with Crippen molar-refractivity contribution in [1.29, 1.82) is 0 Å². The molecule has 0 aromatic carbocycles. The number of amides is 1. The quantitative estimate of drug-likeness (QED) is 0.900. The highest BCUT2D eigenvalue weighted by atomic mass is 35.5. The molecule has 0 aliphatic heterocycles. The second kappa shape index (κ2) is 6.79. The summed E-state index contributed by atoms with van der Waals surface area (Å²) in [4.78, 5) is 12.2. The maximum absolute atomic E-state index is 12.2. The lowest BCUT2D eigenvalue weighted by Gasteiger charge is -2.15. The van der Waals surface area contributed by atoms with Crippen LogP contribution in [0.1, 0.15) is 45.7 Å². The van der Waals surface area contributed by atoms with Gasteiger partial charge in [-0.15, -0.1) is 12.4 Å². The Labute approximate surface area is 133 Å². The minimum absolute atomic E-state index is 0. The Morgan fingerprint density at radius 2 is 2.14 bits per heavy atom. The first-order valence-electron chi connectivity index (χ1n) is 7.34. The van der Waals surface area contributed by atoms with Crippen LogP contribution in [0.15, 0.2) is 6.07 Å². The highest BCUT2D eigenvalue weighted by Crippen LogP contribution is 2.26. The molecule has 0 bridgehead atoms. The topological polar surface area (TPSA) is 72.9 Å². The largest absolute Gasteiger partial charge is 0.328 e. The van der Waals surface area contributed by atoms with E-state index in [1.54, 1.807) is 4.68 Å². The third-order valence-corrected chi connectivity index (χ3v) is 3.74. The molecule has 1 aliphatic rings. The lowest BCUT2D eigenvalue weighted by Crippen LogP contribution is -2.24. The lowest BCUT2D eigenvalue weighted by atomic mass is 9.91. The molecule has 5 nitrogen and oxygen atoms in total. The molecule has 0 radical (unpaired) electrons. The van der Waals surface area contributed by atoms with Gasteiger partial charge < -0.3 is 11.1 Å². The highest BCUT2D eigenvalue weighted by molar-refractivity contribution is 5.92. The van der Waals surface area contributed by atoms with Gasteiger partial charge in [0.05, 0.1) is 5.69 Å². The number of hydrogen-bond donors (Lipinski definition) is 2. The zero-order valence-corrected chi connectivity index (χ0v) is 14.2. The number of carbonyl (C=O) groups excluding carboxylic acids is 1. The van der Waals surface area contributed by atoms with Crippen molar-refractivity contribution in [2.24, 2.45) is 24.1 Å². The van der Waals surface area contributed by atoms with Crippen molar-refractivity contribution in [2.75, 3.05) is 5.32 Å². The molecule has 3 N–H and O–H groups in total. The standard InChI is InChI=1S/C15H26N4O.ClH/c1-15(2,3)9-12-8-13(19(4)18-12)17-14(20)10-5-6-11(16)7-10;/h8,10-11H,5-7,9,16H2,1-4H3,(H,17,20);1H. The molecule has 1 amide bonds. The van der Waals surface area contributed by atoms with Crippen LogP contribution in [0, 0.1) is 11.3 Å². The zero-order chi connectivity index (χ0) is 14.9. The number of halogens is 1. The summed E-state index contributed by atoms with van der Waals surface area (Å²) in [5.74, 6) is 0.893. The Bertz CT molecular complexity index is 492. The van der Waals surface area contributed by atoms with Crippen molar-refractivity contribution in [3.05, 3.63) is 11.8 Å². The molecular weight excluding hydrogens is 288 g/mol. The Hall–Kier alpha value is -1.07. The third kappa shape index (κ3) is 5.00. The number of rotatable bonds is 3. The van der Waals surface area contributed by atoms with Gasteiger partial charge in [-0.25, -0.2) is 0 Å². The van der Waals surface area contributed by atoms with E-state index in [9.17, 15) is 4.79 Å². The molecule has 0 spiro atoms. The smallest absolute Gasteiger partial charge is 0.228 e. The number of anilines is 1. The Morgan fingerprint density at radius 3 is 2.67 bits per heavy atom. The summed E-state index contributed by atoms with van der Waals surface area (Å²) in [7, 11) is 1.86. The van der Waals surface area contributed by atoms with Gasteiger partial charge in [-0.2, -0.15) is 5.10 Å². The van der Waals surface area contributed by atoms with E-state index >= 15 is 0 Å². The van der Waals surface area contributed by atoms with Crippen molar-refractivity contribution in [3.63, 3.8) is 0 Å². The van der Waals surface area contributed by atoms with E-state index in [1.807, 2.05) is 13.1 Å². The minimum Gasteiger partial charge on any atom is -0.328 e. The van der Waals surface area contributed by atoms with E-state index in [1.165, 1.54) is 0 Å². The molecule has 1 aromatic rings. The molecule has 0 saturated heterocycles. The summed E-state index contributed by atoms with van der Waals surface area (Å²) in [5, 5.41) is 7.45. The fraction of sp³-hybridized carbons (Fsp3) is 0.733. The maximum Gasteiger partial charge on any atom is 0.228 e. The summed E-state index contributed by atoms with van der Waals surface area (Å²) in [6, 6.07) is 2.15. The minimum atomic E-state index is 0. The zero-order valence-electron chi connectivity index (χ0n) is 13.3. The fourth-order valence-electron chi connectivity index (χ4n) is 2.76. The highest BCUT2D eigenvalue weighted by Gasteiger charge is 2.28. The van der Waals surface area contributed by atoms with Gasteiger partial charge in [0.2, 0.25) is 5.91 Å². The van der Waals surface area contributed by atoms with Gasteiger partial charge in [-0.1, -0.05) is 20.8 Å². The lowest BCUT2D eigenvalue weighted by molar-refractivity contribution is -0.119. The van der Waals surface area contributed by atoms with Crippen LogP contribution < -0.4 is 11.1 Å². The molecule has 120 valence electrons. The van der Waals surface area contributed by atoms with Crippen LogP contribution in [-0.2, 0) is 18.3 Å². The fourth-order valence-corrected chi connectivity index (χ4v) is 2.76. The van der Waals surface area contributed by atoms with E-state index < -0.39 is 0 Å². The van der Waals surface area contributed by atoms with Gasteiger partial charge >= 0.3 is 0 Å². The monoisotopic (exact) mass is 314 g/mol. The van der Waals surface area contributed by atoms with Crippen LogP contribution in [-0.4, -0.2) is 21.7 Å². The molecule has 1 aliphatic carbocycles. The van der Waals surface area contributed by atoms with Crippen LogP contribution in [0.2, 0.25) is 0 Å². The molecule has 6 heteroatoms. The second-order valence-electron chi connectivity index (χ2n) is 7.14. The van der Waals surface area contributed by atoms with E-state index in [4.69, 9.17) is 5.73 Å². The van der Waals surface area contributed by atoms with Crippen LogP contribution in [0.25, 0.3) is 0 Å². The number of carbonyl (C=O) groups is 1. The molecule has 2 unspecified atom stereocenters. The molecular formula is C15H27ClN4O. The second-order valence-corrected chi connectivity index (χ2v) is 7.14. The van der Waals surface area contributed by atoms with Gasteiger partial charge in [-0.3, -0.25) is 9.48 Å². The van der Waals surface area contributed by atoms with E-state index in [2.05, 4.69) is 31.2 Å². The first-order valence-corrected chi connectivity index (χ1v) is 7.34. The van der Waals surface area contributed by atoms with Crippen LogP contribution in [0.4, 0.5) is 5.82 Å². The predicted octanol–water partition coefficient (Wildman–Crippen LogP) is 2.50. The predicted molar refractivity (Wildman–Crippen MR) is 87.6 cm³/mol. The molecule has 1 aromatic heterocycles. The molecule has 2 rings (SSSR count). The molecule has 1 fully saturated rings. The number of hydrogen-bond acceptors (Lipinski definition) is 3. The number of nitrogens with two attached hydrogens (primary N) is 1. The number of nitrogens with one attached hydrogen (secondary N) is 1. The Morgan fingerprint density at radius 1 is 1.48 bits per heavy atom. The first-order chi connectivity index (χ1) is 9.24. The Balaban J connectivity index is 0.00000220. The summed E-state index contributed by atoms with van der Waals surface area (Å²) in [5.41, 5.74) is 7.06. The van der Waals surface area contributed by atoms with E-state index in [0.717, 1.165) is 37.2 Å². The third-order valence-electron chi connectivity index (χ3n) is 3.74. The first kappa shape index (κ1) is 18.0. The summed E-state index contributed by atoms with van der Waals surface area (Å²) >= 11 is 0. The summed E-state index contributed by atoms with van der Waals surface area (Å²) < 4.78 is 1.74. The van der Waals surface area contributed by atoms with Crippen LogP contribution in [0.5, 0.6) is 0 Å². The van der Waals surface area contributed by atoms with Crippen LogP contribution in [0.3, 0.4) is 0 Å². The molecule has 1 saturated carbocycles. The number of aryl methyl sites for hydroxylation is 1. The maximum atomic E-state index is 12.2. The number of aromatic nitrogens is 2. The van der Waals surface area contributed by atoms with Crippen molar-refractivity contribution < 1.29 is 4.79 Å². The van der Waals surface area contributed by atoms with E-state index in [-0.39, 0.29) is 35.7 Å². The van der Waals surface area contributed by atoms with Gasteiger partial charge in [0.15, 0.2) is 0 Å². The normalized spacial score (nSPS) is 22.0. The Kier molecular flexibility index (Phi) is 5.82. The van der Waals surface area contributed by atoms with E-state index in [0.29, 0.717) is 0 Å². The summed E-state index contributed by atoms with van der Waals surface area (Å²) in [6.45, 7) is 6.54. The molecule has 21 heavy (non-hydrogen) atoms. The van der Waals surface area contributed by atoms with Crippen LogP contribution >= 0.6 is 12.4 Å². The average molecular weight is 315 g/mol. The van der Waals surface area contributed by atoms with Gasteiger partial charge in [0.25, 0.3) is 0 Å². The molecule has 1 heterocycles. The number of nitrogens with zero attached hydrogens (tertiary/aromatic N) is 2. The van der Waals surface area contributed by atoms with Crippen molar-refractivity contribution >= 4 is 24.1 Å². The summed E-state index contributed by atoms with van der Waals surface area (Å²) in [6.07, 6.45) is 3.52. The van der Waals surface area contributed by atoms with Crippen molar-refractivity contribution in [3.8, 4) is 0 Å². The molecule has 2 atom stereocenters. The van der Waals surface area contributed by atoms with Gasteiger partial charge in [-0.05, 0) is 31.1 Å². The average Bonchev–Trinajstić information content (AvgIpc) is 2.84.